The lowest BCUT2D eigenvalue weighted by Crippen LogP contribution is -2.09. The topological polar surface area (TPSA) is 61.6 Å². The molecule has 0 bridgehead atoms. The second-order valence-electron chi connectivity index (χ2n) is 3.61. The maximum absolute atomic E-state index is 13.3. The first-order valence-corrected chi connectivity index (χ1v) is 7.23. The van der Waals surface area contributed by atoms with Gasteiger partial charge in [-0.2, -0.15) is 0 Å². The molecule has 0 aromatic heterocycles. The van der Waals surface area contributed by atoms with Crippen molar-refractivity contribution in [3.63, 3.8) is 0 Å². The minimum Gasteiger partial charge on any atom is -0.405 e. The lowest BCUT2D eigenvalue weighted by atomic mass is 10.3. The van der Waals surface area contributed by atoms with Crippen molar-refractivity contribution in [1.29, 1.82) is 0 Å². The highest BCUT2D eigenvalue weighted by Crippen LogP contribution is 2.41. The smallest absolute Gasteiger partial charge is 0.405 e. The molecule has 2 aromatic carbocycles. The summed E-state index contributed by atoms with van der Waals surface area (Å²) in [6, 6.07) is 11.5. The van der Waals surface area contributed by atoms with Gasteiger partial charge in [-0.3, -0.25) is 0 Å². The fourth-order valence-corrected chi connectivity index (χ4v) is 2.32. The Morgan fingerprint density at radius 1 is 1.05 bits per heavy atom. The van der Waals surface area contributed by atoms with E-state index in [9.17, 15) is 8.96 Å². The number of hydrogen-bond acceptors (Lipinski definition) is 3. The molecule has 4 nitrogen and oxygen atoms in total. The molecule has 0 saturated heterocycles. The van der Waals surface area contributed by atoms with Crippen LogP contribution in [0.25, 0.3) is 0 Å². The van der Waals surface area contributed by atoms with E-state index in [2.05, 4.69) is 0 Å². The molecule has 0 saturated carbocycles. The van der Waals surface area contributed by atoms with Crippen LogP contribution in [0.3, 0.4) is 0 Å². The van der Waals surface area contributed by atoms with E-state index < -0.39 is 13.6 Å². The summed E-state index contributed by atoms with van der Waals surface area (Å²) in [6.07, 6.45) is 0. The van der Waals surface area contributed by atoms with Crippen LogP contribution in [0.15, 0.2) is 48.5 Å². The van der Waals surface area contributed by atoms with E-state index in [1.807, 2.05) is 0 Å². The number of rotatable bonds is 4. The predicted molar refractivity (Wildman–Crippen MR) is 70.9 cm³/mol. The normalized spacial score (nSPS) is 13.6. The molecule has 2 N–H and O–H groups in total. The third-order valence-electron chi connectivity index (χ3n) is 2.11. The SMILES string of the molecule is NP(=O)(Oc1ccc(Cl)cc1)Oc1ccccc1F. The molecule has 0 aliphatic rings. The minimum atomic E-state index is -3.96. The van der Waals surface area contributed by atoms with Gasteiger partial charge in [-0.1, -0.05) is 23.7 Å². The van der Waals surface area contributed by atoms with Gasteiger partial charge >= 0.3 is 7.75 Å². The van der Waals surface area contributed by atoms with E-state index in [-0.39, 0.29) is 11.5 Å². The van der Waals surface area contributed by atoms with Crippen molar-refractivity contribution in [2.45, 2.75) is 0 Å². The van der Waals surface area contributed by atoms with E-state index in [1.165, 1.54) is 30.3 Å². The molecule has 0 fully saturated rings. The number of para-hydroxylation sites is 1. The molecule has 19 heavy (non-hydrogen) atoms. The Morgan fingerprint density at radius 3 is 2.32 bits per heavy atom. The van der Waals surface area contributed by atoms with Crippen LogP contribution in [0.1, 0.15) is 0 Å². The van der Waals surface area contributed by atoms with Crippen LogP contribution < -0.4 is 14.6 Å². The number of nitrogens with two attached hydrogens (primary N) is 1. The molecule has 0 spiro atoms. The Labute approximate surface area is 114 Å². The van der Waals surface area contributed by atoms with Crippen LogP contribution >= 0.6 is 19.3 Å². The quantitative estimate of drug-likeness (QED) is 0.867. The summed E-state index contributed by atoms with van der Waals surface area (Å²) >= 11 is 5.70. The molecule has 0 amide bonds. The van der Waals surface area contributed by atoms with Crippen LogP contribution in [0.2, 0.25) is 5.02 Å². The summed E-state index contributed by atoms with van der Waals surface area (Å²) in [5.74, 6) is -0.693. The maximum atomic E-state index is 13.3. The highest BCUT2D eigenvalue weighted by atomic mass is 35.5. The Morgan fingerprint density at radius 2 is 1.68 bits per heavy atom. The van der Waals surface area contributed by atoms with Crippen molar-refractivity contribution in [3.8, 4) is 11.5 Å². The Balaban J connectivity index is 2.13. The monoisotopic (exact) mass is 301 g/mol. The molecule has 0 aliphatic heterocycles. The molecule has 1 atom stereocenters. The number of hydrogen-bond donors (Lipinski definition) is 1. The van der Waals surface area contributed by atoms with Crippen molar-refractivity contribution in [2.75, 3.05) is 0 Å². The van der Waals surface area contributed by atoms with Gasteiger partial charge in [0.25, 0.3) is 0 Å². The maximum Gasteiger partial charge on any atom is 0.510 e. The summed E-state index contributed by atoms with van der Waals surface area (Å²) in [5, 5.41) is 0.495. The van der Waals surface area contributed by atoms with Crippen molar-refractivity contribution in [2.24, 2.45) is 5.50 Å². The molecule has 2 rings (SSSR count). The Kier molecular flexibility index (Phi) is 4.10. The van der Waals surface area contributed by atoms with Gasteiger partial charge in [0.1, 0.15) is 5.75 Å². The average Bonchev–Trinajstić information content (AvgIpc) is 2.35. The highest BCUT2D eigenvalue weighted by Gasteiger charge is 2.23. The number of halogens is 2. The van der Waals surface area contributed by atoms with Crippen molar-refractivity contribution >= 4 is 19.3 Å². The van der Waals surface area contributed by atoms with Gasteiger partial charge in [-0.05, 0) is 36.4 Å². The fraction of sp³-hybridized carbons (Fsp3) is 0. The van der Waals surface area contributed by atoms with Gasteiger partial charge in [0.2, 0.25) is 0 Å². The van der Waals surface area contributed by atoms with E-state index >= 15 is 0 Å². The largest absolute Gasteiger partial charge is 0.510 e. The molecule has 2 aromatic rings. The first kappa shape index (κ1) is 13.9. The lowest BCUT2D eigenvalue weighted by molar-refractivity contribution is 0.377. The van der Waals surface area contributed by atoms with Gasteiger partial charge in [0, 0.05) is 5.02 Å². The first-order chi connectivity index (χ1) is 8.96. The van der Waals surface area contributed by atoms with E-state index in [1.54, 1.807) is 12.1 Å². The van der Waals surface area contributed by atoms with Crippen LogP contribution in [0.5, 0.6) is 11.5 Å². The van der Waals surface area contributed by atoms with E-state index in [0.717, 1.165) is 6.07 Å². The molecule has 100 valence electrons. The summed E-state index contributed by atoms with van der Waals surface area (Å²) in [6.45, 7) is 0. The van der Waals surface area contributed by atoms with Crippen molar-refractivity contribution in [1.82, 2.24) is 0 Å². The molecule has 7 heteroatoms. The van der Waals surface area contributed by atoms with E-state index in [0.29, 0.717) is 5.02 Å². The predicted octanol–water partition coefficient (Wildman–Crippen LogP) is 4.00. The van der Waals surface area contributed by atoms with Crippen LogP contribution in [-0.4, -0.2) is 0 Å². The zero-order chi connectivity index (χ0) is 13.9. The summed E-state index contributed by atoms with van der Waals surface area (Å²) in [7, 11) is -3.96. The zero-order valence-corrected chi connectivity index (χ0v) is 11.3. The molecule has 0 aliphatic carbocycles. The molecule has 0 heterocycles. The van der Waals surface area contributed by atoms with Gasteiger partial charge < -0.3 is 9.05 Å². The number of benzene rings is 2. The Bertz CT molecular complexity index is 621. The van der Waals surface area contributed by atoms with Crippen LogP contribution in [-0.2, 0) is 4.57 Å². The third kappa shape index (κ3) is 3.96. The minimum absolute atomic E-state index is 0.214. The molecular formula is C12H10ClFNO3P. The van der Waals surface area contributed by atoms with Gasteiger partial charge in [-0.15, -0.1) is 0 Å². The van der Waals surface area contributed by atoms with Crippen molar-refractivity contribution < 1.29 is 18.0 Å². The second-order valence-corrected chi connectivity index (χ2v) is 5.49. The standard InChI is InChI=1S/C12H10ClFNO3P/c13-9-5-7-10(8-6-9)17-19(15,16)18-12-4-2-1-3-11(12)14/h1-8H,(H2,15,16). The fourth-order valence-electron chi connectivity index (χ4n) is 1.32. The molecular weight excluding hydrogens is 292 g/mol. The lowest BCUT2D eigenvalue weighted by Gasteiger charge is -2.15. The van der Waals surface area contributed by atoms with Crippen molar-refractivity contribution in [3.05, 3.63) is 59.4 Å². The van der Waals surface area contributed by atoms with Gasteiger partial charge in [0.05, 0.1) is 0 Å². The zero-order valence-electron chi connectivity index (χ0n) is 9.62. The third-order valence-corrected chi connectivity index (χ3v) is 3.28. The molecule has 1 unspecified atom stereocenters. The Hall–Kier alpha value is -1.55. The second kappa shape index (κ2) is 5.61. The van der Waals surface area contributed by atoms with Crippen LogP contribution in [0.4, 0.5) is 4.39 Å². The first-order valence-electron chi connectivity index (χ1n) is 5.24. The highest BCUT2D eigenvalue weighted by molar-refractivity contribution is 7.52. The summed E-state index contributed by atoms with van der Waals surface area (Å²) in [5.41, 5.74) is 5.40. The van der Waals surface area contributed by atoms with Gasteiger partial charge in [-0.25, -0.2) is 14.5 Å². The van der Waals surface area contributed by atoms with Crippen LogP contribution in [0, 0.1) is 5.82 Å². The average molecular weight is 302 g/mol. The molecule has 0 radical (unpaired) electrons. The van der Waals surface area contributed by atoms with E-state index in [4.69, 9.17) is 26.2 Å². The van der Waals surface area contributed by atoms with Gasteiger partial charge in [0.15, 0.2) is 11.6 Å². The summed E-state index contributed by atoms with van der Waals surface area (Å²) in [4.78, 5) is 0. The summed E-state index contributed by atoms with van der Waals surface area (Å²) < 4.78 is 35.1.